The smallest absolute Gasteiger partial charge is 0.256 e. The second-order valence-corrected chi connectivity index (χ2v) is 8.25. The van der Waals surface area contributed by atoms with Gasteiger partial charge in [0.15, 0.2) is 0 Å². The standard InChI is InChI=1S/C21H24N4O2/c1-13-22-17-12-25(11-16(17)19(26)23-13)20(27)21(9-14-5-3-2-4-6-14)10-15-7-8-18(21)24-15/h2-6,15,18,24H,7-12H2,1H3,(H,22,23,26)/t15-,18+,21+/m0/s1. The molecular weight excluding hydrogens is 340 g/mol. The van der Waals surface area contributed by atoms with Gasteiger partial charge in [-0.05, 0) is 38.2 Å². The predicted molar refractivity (Wildman–Crippen MR) is 101 cm³/mol. The van der Waals surface area contributed by atoms with Gasteiger partial charge in [0.05, 0.1) is 29.8 Å². The highest BCUT2D eigenvalue weighted by Gasteiger charge is 2.57. The first kappa shape index (κ1) is 16.7. The minimum absolute atomic E-state index is 0.115. The van der Waals surface area contributed by atoms with Gasteiger partial charge in [0, 0.05) is 12.1 Å². The number of hydrogen-bond donors (Lipinski definition) is 2. The zero-order valence-electron chi connectivity index (χ0n) is 15.5. The summed E-state index contributed by atoms with van der Waals surface area (Å²) < 4.78 is 0. The van der Waals surface area contributed by atoms with Crippen LogP contribution in [-0.2, 0) is 24.3 Å². The van der Waals surface area contributed by atoms with Gasteiger partial charge in [0.2, 0.25) is 5.91 Å². The molecular formula is C21H24N4O2. The molecule has 1 aromatic carbocycles. The summed E-state index contributed by atoms with van der Waals surface area (Å²) in [7, 11) is 0. The number of aryl methyl sites for hydroxylation is 1. The van der Waals surface area contributed by atoms with E-state index in [0.717, 1.165) is 31.4 Å². The fraction of sp³-hybridized carbons (Fsp3) is 0.476. The van der Waals surface area contributed by atoms with Crippen LogP contribution in [0.1, 0.15) is 41.9 Å². The van der Waals surface area contributed by atoms with Crippen molar-refractivity contribution in [3.63, 3.8) is 0 Å². The predicted octanol–water partition coefficient (Wildman–Crippen LogP) is 1.67. The molecule has 0 saturated carbocycles. The third kappa shape index (κ3) is 2.62. The number of rotatable bonds is 3. The molecule has 2 bridgehead atoms. The fourth-order valence-corrected chi connectivity index (χ4v) is 5.31. The number of nitrogens with zero attached hydrogens (tertiary/aromatic N) is 2. The highest BCUT2D eigenvalue weighted by atomic mass is 16.2. The van der Waals surface area contributed by atoms with Gasteiger partial charge in [-0.2, -0.15) is 0 Å². The van der Waals surface area contributed by atoms with Crippen LogP contribution in [0.15, 0.2) is 35.1 Å². The topological polar surface area (TPSA) is 78.1 Å². The van der Waals surface area contributed by atoms with Crippen LogP contribution in [-0.4, -0.2) is 32.9 Å². The number of H-pyrrole nitrogens is 1. The van der Waals surface area contributed by atoms with Crippen LogP contribution in [0.3, 0.4) is 0 Å². The van der Waals surface area contributed by atoms with E-state index >= 15 is 0 Å². The van der Waals surface area contributed by atoms with Gasteiger partial charge in [-0.15, -0.1) is 0 Å². The molecule has 3 aliphatic rings. The lowest BCUT2D eigenvalue weighted by Crippen LogP contribution is -2.50. The maximum Gasteiger partial charge on any atom is 0.256 e. The Labute approximate surface area is 158 Å². The Balaban J connectivity index is 1.47. The minimum atomic E-state index is -0.423. The number of carbonyl (C=O) groups is 1. The average molecular weight is 364 g/mol. The van der Waals surface area contributed by atoms with Crippen LogP contribution < -0.4 is 10.9 Å². The first-order valence-corrected chi connectivity index (χ1v) is 9.73. The molecule has 140 valence electrons. The molecule has 27 heavy (non-hydrogen) atoms. The molecule has 2 aromatic rings. The highest BCUT2D eigenvalue weighted by molar-refractivity contribution is 5.85. The third-order valence-electron chi connectivity index (χ3n) is 6.50. The lowest BCUT2D eigenvalue weighted by atomic mass is 9.69. The van der Waals surface area contributed by atoms with Gasteiger partial charge in [-0.1, -0.05) is 30.3 Å². The van der Waals surface area contributed by atoms with Crippen LogP contribution in [0, 0.1) is 12.3 Å². The van der Waals surface area contributed by atoms with E-state index in [0.29, 0.717) is 30.5 Å². The van der Waals surface area contributed by atoms with E-state index in [9.17, 15) is 9.59 Å². The molecule has 6 nitrogen and oxygen atoms in total. The summed E-state index contributed by atoms with van der Waals surface area (Å²) in [5.41, 5.74) is 2.05. The molecule has 0 unspecified atom stereocenters. The molecule has 0 spiro atoms. The Morgan fingerprint density at radius 1 is 1.26 bits per heavy atom. The lowest BCUT2D eigenvalue weighted by Gasteiger charge is -2.38. The third-order valence-corrected chi connectivity index (χ3v) is 6.50. The van der Waals surface area contributed by atoms with E-state index in [1.807, 2.05) is 23.1 Å². The van der Waals surface area contributed by atoms with Crippen molar-refractivity contribution in [2.45, 2.75) is 57.8 Å². The Kier molecular flexibility index (Phi) is 3.72. The van der Waals surface area contributed by atoms with Crippen molar-refractivity contribution < 1.29 is 4.79 Å². The van der Waals surface area contributed by atoms with Crippen LogP contribution in [0.4, 0.5) is 0 Å². The van der Waals surface area contributed by atoms with Gasteiger partial charge in [0.1, 0.15) is 5.82 Å². The Morgan fingerprint density at radius 2 is 2.07 bits per heavy atom. The summed E-state index contributed by atoms with van der Waals surface area (Å²) in [6.07, 6.45) is 3.81. The summed E-state index contributed by atoms with van der Waals surface area (Å²) in [4.78, 5) is 35.1. The second kappa shape index (κ2) is 6.02. The molecule has 2 saturated heterocycles. The number of amides is 1. The largest absolute Gasteiger partial charge is 0.332 e. The fourth-order valence-electron chi connectivity index (χ4n) is 5.31. The van der Waals surface area contributed by atoms with Crippen molar-refractivity contribution in [2.24, 2.45) is 5.41 Å². The first-order valence-electron chi connectivity index (χ1n) is 9.73. The molecule has 6 heteroatoms. The molecule has 1 amide bonds. The van der Waals surface area contributed by atoms with Gasteiger partial charge in [-0.25, -0.2) is 4.98 Å². The van der Waals surface area contributed by atoms with Crippen LogP contribution in [0.2, 0.25) is 0 Å². The van der Waals surface area contributed by atoms with E-state index in [1.54, 1.807) is 6.92 Å². The van der Waals surface area contributed by atoms with Crippen molar-refractivity contribution in [1.82, 2.24) is 20.2 Å². The van der Waals surface area contributed by atoms with E-state index in [4.69, 9.17) is 0 Å². The SMILES string of the molecule is Cc1nc2c(c(=O)[nH]1)CN(C(=O)[C@]1(Cc3ccccc3)C[C@@H]3CC[C@H]1N3)C2. The Morgan fingerprint density at radius 3 is 2.78 bits per heavy atom. The van der Waals surface area contributed by atoms with E-state index in [1.165, 1.54) is 5.56 Å². The maximum atomic E-state index is 13.8. The van der Waals surface area contributed by atoms with Gasteiger partial charge in [0.25, 0.3) is 5.56 Å². The normalized spacial score (nSPS) is 28.6. The van der Waals surface area contributed by atoms with Crippen LogP contribution >= 0.6 is 0 Å². The number of aromatic nitrogens is 2. The van der Waals surface area contributed by atoms with Crippen molar-refractivity contribution in [3.8, 4) is 0 Å². The van der Waals surface area contributed by atoms with Crippen LogP contribution in [0.5, 0.6) is 0 Å². The van der Waals surface area contributed by atoms with Crippen molar-refractivity contribution >= 4 is 5.91 Å². The molecule has 0 radical (unpaired) electrons. The number of benzene rings is 1. The molecule has 4 heterocycles. The second-order valence-electron chi connectivity index (χ2n) is 8.25. The Bertz CT molecular complexity index is 954. The molecule has 2 fully saturated rings. The maximum absolute atomic E-state index is 13.8. The van der Waals surface area contributed by atoms with Crippen LogP contribution in [0.25, 0.3) is 0 Å². The van der Waals surface area contributed by atoms with Gasteiger partial charge >= 0.3 is 0 Å². The monoisotopic (exact) mass is 364 g/mol. The summed E-state index contributed by atoms with van der Waals surface area (Å²) >= 11 is 0. The van der Waals surface area contributed by atoms with Gasteiger partial charge in [-0.3, -0.25) is 9.59 Å². The highest BCUT2D eigenvalue weighted by Crippen LogP contribution is 2.47. The van der Waals surface area contributed by atoms with Crippen molar-refractivity contribution in [3.05, 3.63) is 63.3 Å². The summed E-state index contributed by atoms with van der Waals surface area (Å²) in [5, 5.41) is 3.65. The minimum Gasteiger partial charge on any atom is -0.332 e. The molecule has 3 atom stereocenters. The quantitative estimate of drug-likeness (QED) is 0.869. The molecule has 5 rings (SSSR count). The number of aromatic amines is 1. The molecule has 3 aliphatic heterocycles. The summed E-state index contributed by atoms with van der Waals surface area (Å²) in [6.45, 7) is 2.58. The zero-order valence-corrected chi connectivity index (χ0v) is 15.5. The van der Waals surface area contributed by atoms with Gasteiger partial charge < -0.3 is 15.2 Å². The van der Waals surface area contributed by atoms with Crippen molar-refractivity contribution in [2.75, 3.05) is 0 Å². The van der Waals surface area contributed by atoms with E-state index < -0.39 is 5.41 Å². The number of hydrogen-bond acceptors (Lipinski definition) is 4. The first-order chi connectivity index (χ1) is 13.0. The summed E-state index contributed by atoms with van der Waals surface area (Å²) in [6, 6.07) is 10.9. The van der Waals surface area contributed by atoms with Crippen molar-refractivity contribution in [1.29, 1.82) is 0 Å². The number of nitrogens with one attached hydrogen (secondary N) is 2. The molecule has 1 aromatic heterocycles. The van der Waals surface area contributed by atoms with E-state index in [-0.39, 0.29) is 17.5 Å². The number of fused-ring (bicyclic) bond motifs is 3. The zero-order chi connectivity index (χ0) is 18.6. The van der Waals surface area contributed by atoms with E-state index in [2.05, 4.69) is 27.4 Å². The number of carbonyl (C=O) groups excluding carboxylic acids is 1. The molecule has 0 aliphatic carbocycles. The summed E-state index contributed by atoms with van der Waals surface area (Å²) in [5.74, 6) is 0.773. The molecule has 2 N–H and O–H groups in total. The lowest BCUT2D eigenvalue weighted by molar-refractivity contribution is -0.144. The Hall–Kier alpha value is -2.47. The average Bonchev–Trinajstić information content (AvgIpc) is 3.36.